The summed E-state index contributed by atoms with van der Waals surface area (Å²) in [5.74, 6) is -0.989. The molecule has 0 aliphatic heterocycles. The monoisotopic (exact) mass is 373 g/mol. The van der Waals surface area contributed by atoms with Gasteiger partial charge >= 0.3 is 12.1 Å². The van der Waals surface area contributed by atoms with Gasteiger partial charge < -0.3 is 15.2 Å². The molecule has 5 heteroatoms. The number of carboxylic acids is 1. The molecule has 2 N–H and O–H groups in total. The first kappa shape index (κ1) is 17.8. The second-order valence-electron chi connectivity index (χ2n) is 6.68. The molecule has 0 aromatic heterocycles. The van der Waals surface area contributed by atoms with Crippen molar-refractivity contribution in [3.8, 4) is 11.1 Å². The predicted molar refractivity (Wildman–Crippen MR) is 105 cm³/mol. The van der Waals surface area contributed by atoms with E-state index in [4.69, 9.17) is 9.84 Å². The first-order chi connectivity index (χ1) is 13.6. The molecule has 0 unspecified atom stereocenters. The van der Waals surface area contributed by atoms with Gasteiger partial charge in [0.15, 0.2) is 0 Å². The van der Waals surface area contributed by atoms with Gasteiger partial charge in [0.05, 0.1) is 5.56 Å². The van der Waals surface area contributed by atoms with E-state index in [9.17, 15) is 9.59 Å². The van der Waals surface area contributed by atoms with Crippen LogP contribution in [0.2, 0.25) is 0 Å². The summed E-state index contributed by atoms with van der Waals surface area (Å²) in [4.78, 5) is 23.2. The highest BCUT2D eigenvalue weighted by atomic mass is 16.5. The number of rotatable bonds is 5. The Bertz CT molecular complexity index is 999. The van der Waals surface area contributed by atoms with Gasteiger partial charge in [-0.25, -0.2) is 9.59 Å². The average Bonchev–Trinajstić information content (AvgIpc) is 3.05. The van der Waals surface area contributed by atoms with Gasteiger partial charge in [0, 0.05) is 12.5 Å². The first-order valence-corrected chi connectivity index (χ1v) is 9.04. The summed E-state index contributed by atoms with van der Waals surface area (Å²) in [6.45, 7) is 0.451. The molecule has 0 heterocycles. The molecule has 0 saturated heterocycles. The summed E-state index contributed by atoms with van der Waals surface area (Å²) in [6.07, 6.45) is -0.525. The van der Waals surface area contributed by atoms with Crippen molar-refractivity contribution in [1.29, 1.82) is 0 Å². The standard InChI is InChI=1S/C23H19NO4/c25-22(26)16-7-5-6-15(12-16)13-24-23(27)28-14-21-19-10-3-1-8-17(19)18-9-2-4-11-20(18)21/h1-12,21H,13-14H2,(H,24,27)(H,25,26). The fourth-order valence-electron chi connectivity index (χ4n) is 3.64. The van der Waals surface area contributed by atoms with Crippen molar-refractivity contribution in [2.45, 2.75) is 12.5 Å². The highest BCUT2D eigenvalue weighted by Gasteiger charge is 2.28. The lowest BCUT2D eigenvalue weighted by Gasteiger charge is -2.14. The van der Waals surface area contributed by atoms with E-state index in [-0.39, 0.29) is 24.6 Å². The maximum absolute atomic E-state index is 12.2. The Morgan fingerprint density at radius 3 is 2.18 bits per heavy atom. The zero-order chi connectivity index (χ0) is 19.5. The molecule has 0 atom stereocenters. The van der Waals surface area contributed by atoms with Gasteiger partial charge in [-0.2, -0.15) is 0 Å². The Labute approximate surface area is 162 Å². The number of amides is 1. The van der Waals surface area contributed by atoms with Crippen LogP contribution in [0.3, 0.4) is 0 Å². The molecule has 0 fully saturated rings. The van der Waals surface area contributed by atoms with Crippen LogP contribution < -0.4 is 5.32 Å². The molecular formula is C23H19NO4. The van der Waals surface area contributed by atoms with Crippen LogP contribution in [0.4, 0.5) is 4.79 Å². The van der Waals surface area contributed by atoms with Gasteiger partial charge in [-0.3, -0.25) is 0 Å². The Morgan fingerprint density at radius 1 is 0.893 bits per heavy atom. The second kappa shape index (κ2) is 7.56. The third-order valence-electron chi connectivity index (χ3n) is 4.95. The summed E-state index contributed by atoms with van der Waals surface area (Å²) in [5.41, 5.74) is 5.56. The van der Waals surface area contributed by atoms with Gasteiger partial charge in [-0.05, 0) is 39.9 Å². The SMILES string of the molecule is O=C(NCc1cccc(C(=O)O)c1)OCC1c2ccccc2-c2ccccc21. The van der Waals surface area contributed by atoms with Crippen LogP contribution in [-0.4, -0.2) is 23.8 Å². The minimum Gasteiger partial charge on any atom is -0.478 e. The molecule has 140 valence electrons. The number of benzene rings is 3. The first-order valence-electron chi connectivity index (χ1n) is 9.04. The van der Waals surface area contributed by atoms with Crippen LogP contribution in [0.25, 0.3) is 11.1 Å². The third kappa shape index (κ3) is 3.47. The van der Waals surface area contributed by atoms with E-state index < -0.39 is 12.1 Å². The summed E-state index contributed by atoms with van der Waals surface area (Å²) in [7, 11) is 0. The topological polar surface area (TPSA) is 75.6 Å². The molecule has 4 rings (SSSR count). The van der Waals surface area contributed by atoms with Gasteiger partial charge in [0.2, 0.25) is 0 Å². The van der Waals surface area contributed by atoms with E-state index in [0.29, 0.717) is 5.56 Å². The number of ether oxygens (including phenoxy) is 1. The second-order valence-corrected chi connectivity index (χ2v) is 6.68. The molecule has 28 heavy (non-hydrogen) atoms. The number of aromatic carboxylic acids is 1. The van der Waals surface area contributed by atoms with Crippen LogP contribution >= 0.6 is 0 Å². The Kier molecular flexibility index (Phi) is 4.81. The van der Waals surface area contributed by atoms with E-state index in [2.05, 4.69) is 29.6 Å². The van der Waals surface area contributed by atoms with Crippen molar-refractivity contribution >= 4 is 12.1 Å². The van der Waals surface area contributed by atoms with Gasteiger partial charge in [-0.15, -0.1) is 0 Å². The van der Waals surface area contributed by atoms with E-state index >= 15 is 0 Å². The van der Waals surface area contributed by atoms with E-state index in [1.165, 1.54) is 23.3 Å². The zero-order valence-electron chi connectivity index (χ0n) is 15.1. The minimum atomic E-state index is -0.997. The Morgan fingerprint density at radius 2 is 1.54 bits per heavy atom. The number of carbonyl (C=O) groups excluding carboxylic acids is 1. The molecule has 0 spiro atoms. The summed E-state index contributed by atoms with van der Waals surface area (Å²) in [6, 6.07) is 22.8. The van der Waals surface area contributed by atoms with Crippen LogP contribution in [0, 0.1) is 0 Å². The quantitative estimate of drug-likeness (QED) is 0.694. The van der Waals surface area contributed by atoms with E-state index in [1.807, 2.05) is 24.3 Å². The van der Waals surface area contributed by atoms with Gasteiger partial charge in [0.25, 0.3) is 0 Å². The summed E-state index contributed by atoms with van der Waals surface area (Å²) < 4.78 is 5.47. The molecule has 1 aliphatic rings. The smallest absolute Gasteiger partial charge is 0.407 e. The normalized spacial score (nSPS) is 12.1. The fourth-order valence-corrected chi connectivity index (χ4v) is 3.64. The molecule has 1 aliphatic carbocycles. The molecule has 0 radical (unpaired) electrons. The lowest BCUT2D eigenvalue weighted by Crippen LogP contribution is -2.25. The molecule has 0 bridgehead atoms. The maximum Gasteiger partial charge on any atom is 0.407 e. The number of alkyl carbamates (subject to hydrolysis) is 1. The summed E-state index contributed by atoms with van der Waals surface area (Å²) >= 11 is 0. The van der Waals surface area contributed by atoms with Crippen LogP contribution in [0.5, 0.6) is 0 Å². The lowest BCUT2D eigenvalue weighted by molar-refractivity contribution is 0.0696. The third-order valence-corrected chi connectivity index (χ3v) is 4.95. The minimum absolute atomic E-state index is 0.00786. The van der Waals surface area contributed by atoms with Crippen molar-refractivity contribution < 1.29 is 19.4 Å². The maximum atomic E-state index is 12.2. The van der Waals surface area contributed by atoms with Crippen molar-refractivity contribution in [2.75, 3.05) is 6.61 Å². The Balaban J connectivity index is 1.40. The highest BCUT2D eigenvalue weighted by Crippen LogP contribution is 2.44. The van der Waals surface area contributed by atoms with Gasteiger partial charge in [-0.1, -0.05) is 60.7 Å². The van der Waals surface area contributed by atoms with E-state index in [1.54, 1.807) is 12.1 Å². The number of carboxylic acid groups (broad SMARTS) is 1. The number of fused-ring (bicyclic) bond motifs is 3. The van der Waals surface area contributed by atoms with Crippen LogP contribution in [0.15, 0.2) is 72.8 Å². The van der Waals surface area contributed by atoms with Crippen molar-refractivity contribution in [3.05, 3.63) is 95.1 Å². The van der Waals surface area contributed by atoms with E-state index in [0.717, 1.165) is 11.1 Å². The fraction of sp³-hybridized carbons (Fsp3) is 0.130. The number of hydrogen-bond acceptors (Lipinski definition) is 3. The average molecular weight is 373 g/mol. The molecule has 3 aromatic rings. The molecule has 3 aromatic carbocycles. The van der Waals surface area contributed by atoms with Crippen molar-refractivity contribution in [2.24, 2.45) is 0 Å². The summed E-state index contributed by atoms with van der Waals surface area (Å²) in [5, 5.41) is 11.7. The Hall–Kier alpha value is -3.60. The zero-order valence-corrected chi connectivity index (χ0v) is 15.1. The predicted octanol–water partition coefficient (Wildman–Crippen LogP) is 4.42. The van der Waals surface area contributed by atoms with Crippen molar-refractivity contribution in [3.63, 3.8) is 0 Å². The number of hydrogen-bond donors (Lipinski definition) is 2. The molecular weight excluding hydrogens is 354 g/mol. The molecule has 5 nitrogen and oxygen atoms in total. The number of carbonyl (C=O) groups is 2. The van der Waals surface area contributed by atoms with Crippen LogP contribution in [0.1, 0.15) is 33.0 Å². The number of nitrogens with one attached hydrogen (secondary N) is 1. The van der Waals surface area contributed by atoms with Crippen LogP contribution in [-0.2, 0) is 11.3 Å². The molecule has 1 amide bonds. The van der Waals surface area contributed by atoms with Crippen molar-refractivity contribution in [1.82, 2.24) is 5.32 Å². The largest absolute Gasteiger partial charge is 0.478 e. The molecule has 0 saturated carbocycles. The highest BCUT2D eigenvalue weighted by molar-refractivity contribution is 5.87. The lowest BCUT2D eigenvalue weighted by atomic mass is 9.98. The van der Waals surface area contributed by atoms with Gasteiger partial charge in [0.1, 0.15) is 6.61 Å².